The van der Waals surface area contributed by atoms with Crippen LogP contribution in [0.2, 0.25) is 5.02 Å². The van der Waals surface area contributed by atoms with Gasteiger partial charge in [-0.2, -0.15) is 0 Å². The van der Waals surface area contributed by atoms with Crippen molar-refractivity contribution in [1.29, 1.82) is 0 Å². The highest BCUT2D eigenvalue weighted by molar-refractivity contribution is 6.30. The molecule has 0 aliphatic heterocycles. The van der Waals surface area contributed by atoms with E-state index >= 15 is 0 Å². The monoisotopic (exact) mass is 448 g/mol. The summed E-state index contributed by atoms with van der Waals surface area (Å²) in [5.74, 6) is -1.55. The van der Waals surface area contributed by atoms with Crippen molar-refractivity contribution in [2.24, 2.45) is 7.05 Å². The zero-order valence-electron chi connectivity index (χ0n) is 18.1. The standard InChI is InChI=1S/C22H25ClN2O6/c1-13-12-18(24(3)20(13)21(28)15-6-8-16(23)9-7-15)25(14(2)26)17(22(29)31-5)10-11-19(27)30-4/h6-9,12,17H,10-11H2,1-5H3/t17-/m0/s1. The number of benzene rings is 1. The maximum absolute atomic E-state index is 13.1. The number of anilines is 1. The molecule has 0 spiro atoms. The Hall–Kier alpha value is -3.13. The second-order valence-electron chi connectivity index (χ2n) is 6.97. The van der Waals surface area contributed by atoms with Gasteiger partial charge in [-0.15, -0.1) is 0 Å². The molecule has 0 fully saturated rings. The van der Waals surface area contributed by atoms with Crippen molar-refractivity contribution in [3.05, 3.63) is 52.2 Å². The van der Waals surface area contributed by atoms with E-state index in [2.05, 4.69) is 4.74 Å². The van der Waals surface area contributed by atoms with Gasteiger partial charge >= 0.3 is 11.9 Å². The van der Waals surface area contributed by atoms with Gasteiger partial charge in [-0.25, -0.2) is 4.79 Å². The van der Waals surface area contributed by atoms with E-state index in [1.54, 1.807) is 48.9 Å². The number of hydrogen-bond donors (Lipinski definition) is 0. The third kappa shape index (κ3) is 5.32. The Morgan fingerprint density at radius 3 is 2.23 bits per heavy atom. The zero-order chi connectivity index (χ0) is 23.3. The van der Waals surface area contributed by atoms with Crippen molar-refractivity contribution in [1.82, 2.24) is 4.57 Å². The van der Waals surface area contributed by atoms with Crippen LogP contribution in [0, 0.1) is 6.92 Å². The SMILES string of the molecule is COC(=O)CC[C@@H](C(=O)OC)N(C(C)=O)c1cc(C)c(C(=O)c2ccc(Cl)cc2)n1C. The van der Waals surface area contributed by atoms with Gasteiger partial charge in [0.05, 0.1) is 19.9 Å². The molecular weight excluding hydrogens is 424 g/mol. The van der Waals surface area contributed by atoms with Gasteiger partial charge in [0.2, 0.25) is 11.7 Å². The fourth-order valence-corrected chi connectivity index (χ4v) is 3.55. The number of carbonyl (C=O) groups is 4. The Balaban J connectivity index is 2.51. The van der Waals surface area contributed by atoms with Crippen molar-refractivity contribution in [2.45, 2.75) is 32.7 Å². The molecule has 2 rings (SSSR count). The second-order valence-corrected chi connectivity index (χ2v) is 7.41. The molecular formula is C22H25ClN2O6. The highest BCUT2D eigenvalue weighted by Crippen LogP contribution is 2.28. The lowest BCUT2D eigenvalue weighted by Gasteiger charge is -2.29. The number of ether oxygens (including phenoxy) is 2. The number of nitrogens with zero attached hydrogens (tertiary/aromatic N) is 2. The molecule has 1 heterocycles. The summed E-state index contributed by atoms with van der Waals surface area (Å²) in [5, 5.41) is 0.509. The number of aromatic nitrogens is 1. The summed E-state index contributed by atoms with van der Waals surface area (Å²) in [5.41, 5.74) is 1.42. The van der Waals surface area contributed by atoms with Crippen molar-refractivity contribution >= 4 is 41.0 Å². The van der Waals surface area contributed by atoms with E-state index in [4.69, 9.17) is 16.3 Å². The summed E-state index contributed by atoms with van der Waals surface area (Å²) in [6.07, 6.45) is -0.0797. The number of ketones is 1. The topological polar surface area (TPSA) is 94.9 Å². The summed E-state index contributed by atoms with van der Waals surface area (Å²) in [6, 6.07) is 7.07. The fourth-order valence-electron chi connectivity index (χ4n) is 3.42. The maximum atomic E-state index is 13.1. The largest absolute Gasteiger partial charge is 0.469 e. The van der Waals surface area contributed by atoms with Gasteiger partial charge in [-0.1, -0.05) is 11.6 Å². The molecule has 0 unspecified atom stereocenters. The van der Waals surface area contributed by atoms with Crippen LogP contribution in [0.25, 0.3) is 0 Å². The molecule has 9 heteroatoms. The molecule has 0 bridgehead atoms. The number of carbonyl (C=O) groups excluding carboxylic acids is 4. The third-order valence-electron chi connectivity index (χ3n) is 4.94. The number of rotatable bonds is 8. The van der Waals surface area contributed by atoms with E-state index in [0.717, 1.165) is 0 Å². The fraction of sp³-hybridized carbons (Fsp3) is 0.364. The Kier molecular flexibility index (Phi) is 7.99. The molecule has 0 saturated carbocycles. The normalized spacial score (nSPS) is 11.5. The van der Waals surface area contributed by atoms with E-state index in [9.17, 15) is 19.2 Å². The Labute approximate surface area is 185 Å². The molecule has 0 aliphatic rings. The van der Waals surface area contributed by atoms with Gasteiger partial charge < -0.3 is 14.0 Å². The Morgan fingerprint density at radius 1 is 1.10 bits per heavy atom. The molecule has 2 aromatic rings. The predicted octanol–water partition coefficient (Wildman–Crippen LogP) is 3.07. The highest BCUT2D eigenvalue weighted by atomic mass is 35.5. The zero-order valence-corrected chi connectivity index (χ0v) is 18.9. The lowest BCUT2D eigenvalue weighted by atomic mass is 10.1. The lowest BCUT2D eigenvalue weighted by molar-refractivity contribution is -0.145. The lowest BCUT2D eigenvalue weighted by Crippen LogP contribution is -2.46. The number of aryl methyl sites for hydroxylation is 1. The molecule has 166 valence electrons. The van der Waals surface area contributed by atoms with Crippen molar-refractivity contribution in [3.8, 4) is 0 Å². The molecule has 1 aromatic heterocycles. The first-order valence-corrected chi connectivity index (χ1v) is 9.91. The minimum Gasteiger partial charge on any atom is -0.469 e. The highest BCUT2D eigenvalue weighted by Gasteiger charge is 2.34. The molecule has 1 amide bonds. The molecule has 0 N–H and O–H groups in total. The van der Waals surface area contributed by atoms with Gasteiger partial charge in [0, 0.05) is 31.0 Å². The van der Waals surface area contributed by atoms with Gasteiger partial charge in [0.15, 0.2) is 0 Å². The Bertz CT molecular complexity index is 996. The molecule has 31 heavy (non-hydrogen) atoms. The van der Waals surface area contributed by atoms with E-state index < -0.39 is 23.9 Å². The number of amides is 1. The van der Waals surface area contributed by atoms with Crippen LogP contribution in [0.15, 0.2) is 30.3 Å². The summed E-state index contributed by atoms with van der Waals surface area (Å²) in [4.78, 5) is 51.0. The predicted molar refractivity (Wildman–Crippen MR) is 115 cm³/mol. The van der Waals surface area contributed by atoms with E-state index in [-0.39, 0.29) is 18.6 Å². The molecule has 0 radical (unpaired) electrons. The van der Waals surface area contributed by atoms with Crippen LogP contribution in [-0.2, 0) is 30.9 Å². The first-order chi connectivity index (χ1) is 14.6. The third-order valence-corrected chi connectivity index (χ3v) is 5.19. The summed E-state index contributed by atoms with van der Waals surface area (Å²) in [6.45, 7) is 3.05. The molecule has 1 aromatic carbocycles. The van der Waals surface area contributed by atoms with Gasteiger partial charge in [-0.3, -0.25) is 19.3 Å². The van der Waals surface area contributed by atoms with Crippen molar-refractivity contribution in [2.75, 3.05) is 19.1 Å². The van der Waals surface area contributed by atoms with Crippen LogP contribution >= 0.6 is 11.6 Å². The molecule has 0 saturated heterocycles. The quantitative estimate of drug-likeness (QED) is 0.455. The maximum Gasteiger partial charge on any atom is 0.329 e. The van der Waals surface area contributed by atoms with Crippen molar-refractivity contribution in [3.63, 3.8) is 0 Å². The summed E-state index contributed by atoms with van der Waals surface area (Å²) < 4.78 is 11.1. The Morgan fingerprint density at radius 2 is 1.71 bits per heavy atom. The van der Waals surface area contributed by atoms with Gasteiger partial charge in [0.1, 0.15) is 11.9 Å². The smallest absolute Gasteiger partial charge is 0.329 e. The first-order valence-electron chi connectivity index (χ1n) is 9.53. The van der Waals surface area contributed by atoms with E-state index in [1.165, 1.54) is 26.0 Å². The van der Waals surface area contributed by atoms with Crippen molar-refractivity contribution < 1.29 is 28.7 Å². The minimum absolute atomic E-state index is 0.00359. The second kappa shape index (κ2) is 10.3. The number of methoxy groups -OCH3 is 2. The minimum atomic E-state index is -1.06. The van der Waals surface area contributed by atoms with Gasteiger partial charge in [0.25, 0.3) is 0 Å². The average Bonchev–Trinajstić information content (AvgIpc) is 3.03. The summed E-state index contributed by atoms with van der Waals surface area (Å²) >= 11 is 5.91. The van der Waals surface area contributed by atoms with E-state index in [0.29, 0.717) is 27.7 Å². The average molecular weight is 449 g/mol. The van der Waals surface area contributed by atoms with Gasteiger partial charge in [-0.05, 0) is 49.2 Å². The van der Waals surface area contributed by atoms with Crippen LogP contribution in [0.3, 0.4) is 0 Å². The number of hydrogen-bond acceptors (Lipinski definition) is 6. The number of esters is 2. The van der Waals surface area contributed by atoms with Crippen LogP contribution in [0.1, 0.15) is 41.4 Å². The molecule has 1 atom stereocenters. The molecule has 0 aliphatic carbocycles. The first kappa shape index (κ1) is 24.1. The van der Waals surface area contributed by atoms with E-state index in [1.807, 2.05) is 0 Å². The van der Waals surface area contributed by atoms with Crippen LogP contribution < -0.4 is 4.90 Å². The van der Waals surface area contributed by atoms with Crippen LogP contribution in [0.4, 0.5) is 5.82 Å². The summed E-state index contributed by atoms with van der Waals surface area (Å²) in [7, 11) is 4.08. The van der Waals surface area contributed by atoms with Crippen LogP contribution in [0.5, 0.6) is 0 Å². The molecule has 8 nitrogen and oxygen atoms in total. The van der Waals surface area contributed by atoms with Crippen LogP contribution in [-0.4, -0.2) is 48.5 Å². The number of halogens is 1.